The van der Waals surface area contributed by atoms with Gasteiger partial charge < -0.3 is 19.5 Å². The highest BCUT2D eigenvalue weighted by molar-refractivity contribution is 5.71. The topological polar surface area (TPSA) is 56.8 Å². The maximum atomic E-state index is 11.9. The Balaban J connectivity index is 2.26. The maximum absolute atomic E-state index is 11.9. The minimum atomic E-state index is -0.489. The highest BCUT2D eigenvalue weighted by Crippen LogP contribution is 2.35. The average molecular weight is 293 g/mol. The summed E-state index contributed by atoms with van der Waals surface area (Å²) in [5, 5.41) is 3.37. The highest BCUT2D eigenvalue weighted by atomic mass is 16.6. The number of carbonyl (C=O) groups is 1. The number of hydrogen-bond donors (Lipinski definition) is 1. The number of carbonyl (C=O) groups excluding carboxylic acids is 1. The molecule has 116 valence electrons. The molecule has 0 fully saturated rings. The predicted octanol–water partition coefficient (Wildman–Crippen LogP) is 2.24. The molecular formula is C16H23NO4. The first-order valence-electron chi connectivity index (χ1n) is 7.40. The van der Waals surface area contributed by atoms with Gasteiger partial charge in [-0.3, -0.25) is 4.79 Å². The lowest BCUT2D eigenvalue weighted by atomic mass is 9.88. The van der Waals surface area contributed by atoms with E-state index in [1.807, 2.05) is 39.0 Å². The molecule has 0 bridgehead atoms. The van der Waals surface area contributed by atoms with Crippen LogP contribution in [0.5, 0.6) is 11.5 Å². The van der Waals surface area contributed by atoms with Crippen molar-refractivity contribution < 1.29 is 19.0 Å². The van der Waals surface area contributed by atoms with Crippen LogP contribution < -0.4 is 14.8 Å². The fourth-order valence-electron chi connectivity index (χ4n) is 2.54. The molecule has 0 radical (unpaired) electrons. The van der Waals surface area contributed by atoms with Crippen LogP contribution in [-0.4, -0.2) is 32.3 Å². The molecule has 1 atom stereocenters. The zero-order valence-corrected chi connectivity index (χ0v) is 12.9. The number of hydrogen-bond acceptors (Lipinski definition) is 5. The van der Waals surface area contributed by atoms with Crippen molar-refractivity contribution in [1.29, 1.82) is 0 Å². The van der Waals surface area contributed by atoms with Crippen LogP contribution in [0.4, 0.5) is 0 Å². The van der Waals surface area contributed by atoms with Gasteiger partial charge in [-0.05, 0) is 38.1 Å². The van der Waals surface area contributed by atoms with Crippen molar-refractivity contribution in [2.45, 2.75) is 32.7 Å². The number of esters is 1. The zero-order valence-electron chi connectivity index (χ0n) is 12.9. The van der Waals surface area contributed by atoms with Crippen LogP contribution in [0, 0.1) is 0 Å². The number of fused-ring (bicyclic) bond motifs is 1. The fourth-order valence-corrected chi connectivity index (χ4v) is 2.54. The molecule has 0 spiro atoms. The van der Waals surface area contributed by atoms with Crippen LogP contribution in [0.3, 0.4) is 0 Å². The number of nitrogens with one attached hydrogen (secondary N) is 1. The summed E-state index contributed by atoms with van der Waals surface area (Å²) >= 11 is 0. The molecule has 2 rings (SSSR count). The van der Waals surface area contributed by atoms with Gasteiger partial charge in [-0.1, -0.05) is 13.0 Å². The monoisotopic (exact) mass is 293 g/mol. The summed E-state index contributed by atoms with van der Waals surface area (Å²) < 4.78 is 16.2. The van der Waals surface area contributed by atoms with E-state index in [4.69, 9.17) is 14.2 Å². The Morgan fingerprint density at radius 1 is 1.29 bits per heavy atom. The van der Waals surface area contributed by atoms with E-state index >= 15 is 0 Å². The van der Waals surface area contributed by atoms with Crippen LogP contribution in [-0.2, 0) is 15.1 Å². The highest BCUT2D eigenvalue weighted by Gasteiger charge is 2.30. The van der Waals surface area contributed by atoms with Crippen molar-refractivity contribution in [3.8, 4) is 11.5 Å². The Labute approximate surface area is 125 Å². The number of ether oxygens (including phenoxy) is 3. The summed E-state index contributed by atoms with van der Waals surface area (Å²) in [6.45, 7) is 8.09. The standard InChI is InChI=1S/C16H23NO4/c1-4-17-16(3,11-15(18)19-5-2)12-6-7-13-14(10-12)21-9-8-20-13/h6-7,10,17H,4-5,8-9,11H2,1-3H3. The minimum absolute atomic E-state index is 0.212. The van der Waals surface area contributed by atoms with E-state index in [-0.39, 0.29) is 12.4 Å². The smallest absolute Gasteiger partial charge is 0.307 e. The van der Waals surface area contributed by atoms with E-state index in [2.05, 4.69) is 5.32 Å². The van der Waals surface area contributed by atoms with Crippen LogP contribution in [0.1, 0.15) is 32.8 Å². The van der Waals surface area contributed by atoms with Gasteiger partial charge >= 0.3 is 5.97 Å². The molecule has 0 amide bonds. The summed E-state index contributed by atoms with van der Waals surface area (Å²) in [6, 6.07) is 5.80. The fraction of sp³-hybridized carbons (Fsp3) is 0.562. The SMILES string of the molecule is CCNC(C)(CC(=O)OCC)c1ccc2c(c1)OCCO2. The molecule has 0 saturated heterocycles. The van der Waals surface area contributed by atoms with Crippen molar-refractivity contribution in [2.75, 3.05) is 26.4 Å². The van der Waals surface area contributed by atoms with Crippen LogP contribution >= 0.6 is 0 Å². The lowest BCUT2D eigenvalue weighted by Gasteiger charge is -2.31. The van der Waals surface area contributed by atoms with Crippen molar-refractivity contribution in [1.82, 2.24) is 5.32 Å². The molecular weight excluding hydrogens is 270 g/mol. The molecule has 0 saturated carbocycles. The molecule has 0 aromatic heterocycles. The molecule has 1 aromatic rings. The van der Waals surface area contributed by atoms with Crippen LogP contribution in [0.25, 0.3) is 0 Å². The molecule has 1 N–H and O–H groups in total. The Morgan fingerprint density at radius 3 is 2.67 bits per heavy atom. The van der Waals surface area contributed by atoms with E-state index in [1.165, 1.54) is 0 Å². The molecule has 1 aliphatic rings. The van der Waals surface area contributed by atoms with Gasteiger partial charge in [0.2, 0.25) is 0 Å². The lowest BCUT2D eigenvalue weighted by Crippen LogP contribution is -2.41. The van der Waals surface area contributed by atoms with Gasteiger partial charge in [-0.2, -0.15) is 0 Å². The van der Waals surface area contributed by atoms with Crippen molar-refractivity contribution in [2.24, 2.45) is 0 Å². The quantitative estimate of drug-likeness (QED) is 0.815. The van der Waals surface area contributed by atoms with Crippen LogP contribution in [0.2, 0.25) is 0 Å². The van der Waals surface area contributed by atoms with Crippen molar-refractivity contribution in [3.05, 3.63) is 23.8 Å². The zero-order chi connectivity index (χ0) is 15.3. The van der Waals surface area contributed by atoms with Gasteiger partial charge in [0.25, 0.3) is 0 Å². The Kier molecular flexibility index (Phi) is 5.07. The summed E-state index contributed by atoms with van der Waals surface area (Å²) in [5.41, 5.74) is 0.498. The number of benzene rings is 1. The maximum Gasteiger partial charge on any atom is 0.307 e. The summed E-state index contributed by atoms with van der Waals surface area (Å²) in [7, 11) is 0. The first-order valence-corrected chi connectivity index (χ1v) is 7.40. The summed E-state index contributed by atoms with van der Waals surface area (Å²) in [6.07, 6.45) is 0.272. The minimum Gasteiger partial charge on any atom is -0.486 e. The van der Waals surface area contributed by atoms with E-state index in [9.17, 15) is 4.79 Å². The predicted molar refractivity (Wildman–Crippen MR) is 79.7 cm³/mol. The van der Waals surface area contributed by atoms with E-state index in [0.717, 1.165) is 23.6 Å². The second-order valence-corrected chi connectivity index (χ2v) is 5.20. The molecule has 1 aromatic carbocycles. The lowest BCUT2D eigenvalue weighted by molar-refractivity contribution is -0.144. The van der Waals surface area contributed by atoms with E-state index in [0.29, 0.717) is 19.8 Å². The second kappa shape index (κ2) is 6.80. The first-order chi connectivity index (χ1) is 10.1. The third kappa shape index (κ3) is 3.67. The largest absolute Gasteiger partial charge is 0.486 e. The van der Waals surface area contributed by atoms with Gasteiger partial charge in [-0.15, -0.1) is 0 Å². The van der Waals surface area contributed by atoms with Gasteiger partial charge in [0.1, 0.15) is 13.2 Å². The third-order valence-electron chi connectivity index (χ3n) is 3.55. The third-order valence-corrected chi connectivity index (χ3v) is 3.55. The van der Waals surface area contributed by atoms with Gasteiger partial charge in [-0.25, -0.2) is 0 Å². The molecule has 1 aliphatic heterocycles. The molecule has 1 unspecified atom stereocenters. The summed E-state index contributed by atoms with van der Waals surface area (Å²) in [4.78, 5) is 11.9. The van der Waals surface area contributed by atoms with E-state index in [1.54, 1.807) is 0 Å². The van der Waals surface area contributed by atoms with Crippen molar-refractivity contribution in [3.63, 3.8) is 0 Å². The average Bonchev–Trinajstić information content (AvgIpc) is 2.47. The molecule has 5 heteroatoms. The molecule has 5 nitrogen and oxygen atoms in total. The Bertz CT molecular complexity index is 503. The molecule has 0 aliphatic carbocycles. The Hall–Kier alpha value is -1.75. The Morgan fingerprint density at radius 2 is 2.00 bits per heavy atom. The van der Waals surface area contributed by atoms with E-state index < -0.39 is 5.54 Å². The van der Waals surface area contributed by atoms with Crippen LogP contribution in [0.15, 0.2) is 18.2 Å². The molecule has 1 heterocycles. The van der Waals surface area contributed by atoms with Crippen molar-refractivity contribution >= 4 is 5.97 Å². The summed E-state index contributed by atoms with van der Waals surface area (Å²) in [5.74, 6) is 1.27. The van der Waals surface area contributed by atoms with Gasteiger partial charge in [0.15, 0.2) is 11.5 Å². The van der Waals surface area contributed by atoms with Gasteiger partial charge in [0.05, 0.1) is 18.6 Å². The second-order valence-electron chi connectivity index (χ2n) is 5.20. The molecule has 21 heavy (non-hydrogen) atoms. The number of rotatable bonds is 6. The first kappa shape index (κ1) is 15.6. The normalized spacial score (nSPS) is 16.1. The van der Waals surface area contributed by atoms with Gasteiger partial charge in [0, 0.05) is 0 Å².